The average molecular weight is 281 g/mol. The lowest BCUT2D eigenvalue weighted by Gasteiger charge is -2.31. The maximum Gasteiger partial charge on any atom is 0.0409 e. The van der Waals surface area contributed by atoms with E-state index in [2.05, 4.69) is 36.3 Å². The van der Waals surface area contributed by atoms with Crippen LogP contribution >= 0.6 is 11.6 Å². The molecule has 2 nitrogen and oxygen atoms in total. The van der Waals surface area contributed by atoms with E-state index in [1.54, 1.807) is 0 Å². The third-order valence-electron chi connectivity index (χ3n) is 4.11. The standard InChI is InChI=1S/C16H25ClN2/c1-13(10-16-8-3-4-9-18-16)19(2)12-14-6-5-7-15(17)11-14/h5-7,11,13,16,18H,3-4,8-10,12H2,1-2H3. The van der Waals surface area contributed by atoms with Crippen molar-refractivity contribution in [2.24, 2.45) is 0 Å². The van der Waals surface area contributed by atoms with Crippen LogP contribution in [0.25, 0.3) is 0 Å². The van der Waals surface area contributed by atoms with Gasteiger partial charge in [-0.1, -0.05) is 30.2 Å². The molecule has 1 aliphatic rings. The van der Waals surface area contributed by atoms with Crippen LogP contribution in [0, 0.1) is 0 Å². The predicted octanol–water partition coefficient (Wildman–Crippen LogP) is 3.69. The van der Waals surface area contributed by atoms with Crippen molar-refractivity contribution >= 4 is 11.6 Å². The summed E-state index contributed by atoms with van der Waals surface area (Å²) in [5.74, 6) is 0. The van der Waals surface area contributed by atoms with Crippen LogP contribution in [0.2, 0.25) is 5.02 Å². The van der Waals surface area contributed by atoms with Gasteiger partial charge in [-0.3, -0.25) is 4.90 Å². The van der Waals surface area contributed by atoms with Crippen LogP contribution in [0.3, 0.4) is 0 Å². The molecule has 2 rings (SSSR count). The van der Waals surface area contributed by atoms with Crippen LogP contribution in [0.4, 0.5) is 0 Å². The zero-order valence-corrected chi connectivity index (χ0v) is 12.8. The summed E-state index contributed by atoms with van der Waals surface area (Å²) in [5, 5.41) is 4.46. The Balaban J connectivity index is 1.82. The van der Waals surface area contributed by atoms with Crippen molar-refractivity contribution in [3.05, 3.63) is 34.9 Å². The second-order valence-electron chi connectivity index (χ2n) is 5.78. The monoisotopic (exact) mass is 280 g/mol. The van der Waals surface area contributed by atoms with E-state index in [1.807, 2.05) is 12.1 Å². The minimum Gasteiger partial charge on any atom is -0.314 e. The van der Waals surface area contributed by atoms with E-state index >= 15 is 0 Å². The summed E-state index contributed by atoms with van der Waals surface area (Å²) in [6.07, 6.45) is 5.28. The lowest BCUT2D eigenvalue weighted by Crippen LogP contribution is -2.40. The highest BCUT2D eigenvalue weighted by atomic mass is 35.5. The fourth-order valence-electron chi connectivity index (χ4n) is 2.80. The molecule has 106 valence electrons. The van der Waals surface area contributed by atoms with Crippen LogP contribution in [-0.2, 0) is 6.54 Å². The molecule has 2 atom stereocenters. The molecular weight excluding hydrogens is 256 g/mol. The Hall–Kier alpha value is -0.570. The van der Waals surface area contributed by atoms with Gasteiger partial charge in [0.05, 0.1) is 0 Å². The summed E-state index contributed by atoms with van der Waals surface area (Å²) in [6.45, 7) is 4.48. The topological polar surface area (TPSA) is 15.3 Å². The SMILES string of the molecule is CC(CC1CCCCN1)N(C)Cc1cccc(Cl)c1. The van der Waals surface area contributed by atoms with E-state index in [-0.39, 0.29) is 0 Å². The first-order chi connectivity index (χ1) is 9.15. The Morgan fingerprint density at radius 1 is 1.42 bits per heavy atom. The molecule has 1 heterocycles. The van der Waals surface area contributed by atoms with Gasteiger partial charge in [-0.25, -0.2) is 0 Å². The number of nitrogens with one attached hydrogen (secondary N) is 1. The summed E-state index contributed by atoms with van der Waals surface area (Å²) >= 11 is 6.03. The Kier molecular flexibility index (Phi) is 5.68. The molecule has 0 spiro atoms. The maximum atomic E-state index is 6.03. The fraction of sp³-hybridized carbons (Fsp3) is 0.625. The van der Waals surface area contributed by atoms with Gasteiger partial charge in [-0.2, -0.15) is 0 Å². The highest BCUT2D eigenvalue weighted by Gasteiger charge is 2.18. The molecule has 1 N–H and O–H groups in total. The zero-order chi connectivity index (χ0) is 13.7. The third-order valence-corrected chi connectivity index (χ3v) is 4.35. The largest absolute Gasteiger partial charge is 0.314 e. The second-order valence-corrected chi connectivity index (χ2v) is 6.21. The Bertz CT molecular complexity index is 388. The van der Waals surface area contributed by atoms with Crippen molar-refractivity contribution in [1.29, 1.82) is 0 Å². The molecule has 2 unspecified atom stereocenters. The number of benzene rings is 1. The predicted molar refractivity (Wildman–Crippen MR) is 82.6 cm³/mol. The van der Waals surface area contributed by atoms with Gasteiger partial charge in [-0.05, 0) is 57.5 Å². The van der Waals surface area contributed by atoms with Gasteiger partial charge in [0.15, 0.2) is 0 Å². The van der Waals surface area contributed by atoms with Gasteiger partial charge in [0.2, 0.25) is 0 Å². The van der Waals surface area contributed by atoms with Crippen molar-refractivity contribution in [3.63, 3.8) is 0 Å². The van der Waals surface area contributed by atoms with Gasteiger partial charge < -0.3 is 5.32 Å². The van der Waals surface area contributed by atoms with Crippen molar-refractivity contribution in [1.82, 2.24) is 10.2 Å². The number of piperidine rings is 1. The average Bonchev–Trinajstić information content (AvgIpc) is 2.40. The molecule has 0 amide bonds. The lowest BCUT2D eigenvalue weighted by atomic mass is 9.98. The second kappa shape index (κ2) is 7.28. The normalized spacial score (nSPS) is 21.6. The minimum atomic E-state index is 0.592. The van der Waals surface area contributed by atoms with Crippen molar-refractivity contribution < 1.29 is 0 Å². The first kappa shape index (κ1) is 14.8. The van der Waals surface area contributed by atoms with E-state index < -0.39 is 0 Å². The fourth-order valence-corrected chi connectivity index (χ4v) is 3.01. The summed E-state index contributed by atoms with van der Waals surface area (Å²) < 4.78 is 0. The molecule has 19 heavy (non-hydrogen) atoms. The Morgan fingerprint density at radius 3 is 2.95 bits per heavy atom. The first-order valence-corrected chi connectivity index (χ1v) is 7.71. The molecule has 3 heteroatoms. The molecule has 1 saturated heterocycles. The number of hydrogen-bond donors (Lipinski definition) is 1. The third kappa shape index (κ3) is 4.79. The number of halogens is 1. The van der Waals surface area contributed by atoms with Crippen LogP contribution in [0.1, 0.15) is 38.2 Å². The molecule has 1 fully saturated rings. The molecule has 1 aliphatic heterocycles. The molecule has 0 bridgehead atoms. The van der Waals surface area contributed by atoms with Gasteiger partial charge in [0, 0.05) is 23.7 Å². The highest BCUT2D eigenvalue weighted by molar-refractivity contribution is 6.30. The van der Waals surface area contributed by atoms with Gasteiger partial charge in [0.25, 0.3) is 0 Å². The number of nitrogens with zero attached hydrogens (tertiary/aromatic N) is 1. The van der Waals surface area contributed by atoms with Crippen LogP contribution in [-0.4, -0.2) is 30.6 Å². The maximum absolute atomic E-state index is 6.03. The lowest BCUT2D eigenvalue weighted by molar-refractivity contribution is 0.209. The zero-order valence-electron chi connectivity index (χ0n) is 12.0. The molecule has 0 aliphatic carbocycles. The highest BCUT2D eigenvalue weighted by Crippen LogP contribution is 2.17. The summed E-state index contributed by atoms with van der Waals surface area (Å²) in [5.41, 5.74) is 1.29. The molecule has 0 radical (unpaired) electrons. The number of hydrogen-bond acceptors (Lipinski definition) is 2. The van der Waals surface area contributed by atoms with Crippen LogP contribution in [0.15, 0.2) is 24.3 Å². The van der Waals surface area contributed by atoms with Gasteiger partial charge >= 0.3 is 0 Å². The van der Waals surface area contributed by atoms with E-state index in [0.29, 0.717) is 12.1 Å². The molecule has 0 saturated carbocycles. The minimum absolute atomic E-state index is 0.592. The molecule has 0 aromatic heterocycles. The smallest absolute Gasteiger partial charge is 0.0409 e. The number of rotatable bonds is 5. The van der Waals surface area contributed by atoms with Crippen LogP contribution in [0.5, 0.6) is 0 Å². The Labute approximate surface area is 122 Å². The van der Waals surface area contributed by atoms with E-state index in [4.69, 9.17) is 11.6 Å². The quantitative estimate of drug-likeness (QED) is 0.885. The Morgan fingerprint density at radius 2 is 2.26 bits per heavy atom. The summed E-state index contributed by atoms with van der Waals surface area (Å²) in [7, 11) is 2.20. The van der Waals surface area contributed by atoms with Crippen molar-refractivity contribution in [2.45, 2.75) is 51.2 Å². The van der Waals surface area contributed by atoms with Gasteiger partial charge in [0.1, 0.15) is 0 Å². The molecule has 1 aromatic rings. The summed E-state index contributed by atoms with van der Waals surface area (Å²) in [4.78, 5) is 2.42. The van der Waals surface area contributed by atoms with E-state index in [1.165, 1.54) is 37.8 Å². The van der Waals surface area contributed by atoms with Gasteiger partial charge in [-0.15, -0.1) is 0 Å². The summed E-state index contributed by atoms with van der Waals surface area (Å²) in [6, 6.07) is 9.46. The van der Waals surface area contributed by atoms with Crippen molar-refractivity contribution in [2.75, 3.05) is 13.6 Å². The van der Waals surface area contributed by atoms with Crippen LogP contribution < -0.4 is 5.32 Å². The molecular formula is C16H25ClN2. The van der Waals surface area contributed by atoms with Crippen molar-refractivity contribution in [3.8, 4) is 0 Å². The van der Waals surface area contributed by atoms with E-state index in [9.17, 15) is 0 Å². The first-order valence-electron chi connectivity index (χ1n) is 7.33. The van der Waals surface area contributed by atoms with E-state index in [0.717, 1.165) is 11.6 Å². The molecule has 1 aromatic carbocycles.